The lowest BCUT2D eigenvalue weighted by Crippen LogP contribution is -2.37. The average molecular weight is 301 g/mol. The van der Waals surface area contributed by atoms with Gasteiger partial charge in [0.25, 0.3) is 0 Å². The number of halogens is 1. The van der Waals surface area contributed by atoms with Crippen LogP contribution < -0.4 is 5.32 Å². The number of nitrogens with one attached hydrogen (secondary N) is 1. The van der Waals surface area contributed by atoms with E-state index >= 15 is 0 Å². The molecule has 1 heterocycles. The highest BCUT2D eigenvalue weighted by molar-refractivity contribution is 9.10. The van der Waals surface area contributed by atoms with Crippen LogP contribution in [-0.2, 0) is 11.3 Å². The fourth-order valence-electron chi connectivity index (χ4n) is 1.54. The Morgan fingerprint density at radius 2 is 2.24 bits per heavy atom. The van der Waals surface area contributed by atoms with Crippen LogP contribution in [0.1, 0.15) is 25.8 Å². The van der Waals surface area contributed by atoms with Crippen molar-refractivity contribution in [1.29, 1.82) is 0 Å². The summed E-state index contributed by atoms with van der Waals surface area (Å²) >= 11 is 3.33. The van der Waals surface area contributed by atoms with Gasteiger partial charge in [-0.15, -0.1) is 0 Å². The molecule has 1 aromatic heterocycles. The van der Waals surface area contributed by atoms with E-state index in [0.29, 0.717) is 18.9 Å². The first-order chi connectivity index (χ1) is 7.99. The van der Waals surface area contributed by atoms with E-state index < -0.39 is 12.0 Å². The molecule has 1 aromatic rings. The van der Waals surface area contributed by atoms with Gasteiger partial charge >= 0.3 is 5.97 Å². The molecule has 0 spiro atoms. The summed E-state index contributed by atoms with van der Waals surface area (Å²) < 4.78 is 0.896. The number of hydrogen-bond donors (Lipinski definition) is 2. The molecule has 0 saturated heterocycles. The minimum atomic E-state index is -0.804. The minimum absolute atomic E-state index is 0.351. The Balaban J connectivity index is 2.54. The van der Waals surface area contributed by atoms with E-state index in [1.807, 2.05) is 19.9 Å². The third kappa shape index (κ3) is 5.28. The number of carbonyl (C=O) groups is 1. The topological polar surface area (TPSA) is 62.2 Å². The van der Waals surface area contributed by atoms with Crippen LogP contribution >= 0.6 is 15.9 Å². The highest BCUT2D eigenvalue weighted by Gasteiger charge is 2.17. The summed E-state index contributed by atoms with van der Waals surface area (Å²) in [7, 11) is 0. The van der Waals surface area contributed by atoms with Gasteiger partial charge in [-0.1, -0.05) is 13.8 Å². The SMILES string of the molecule is CC(C)CC(NCc1cncc(Br)c1)C(=O)O. The van der Waals surface area contributed by atoms with Gasteiger partial charge in [-0.25, -0.2) is 0 Å². The zero-order valence-corrected chi connectivity index (χ0v) is 11.6. The van der Waals surface area contributed by atoms with Gasteiger partial charge in [0.15, 0.2) is 0 Å². The van der Waals surface area contributed by atoms with E-state index in [1.165, 1.54) is 0 Å². The normalized spacial score (nSPS) is 12.7. The van der Waals surface area contributed by atoms with E-state index in [0.717, 1.165) is 10.0 Å². The molecule has 0 aliphatic carbocycles. The first-order valence-electron chi connectivity index (χ1n) is 5.54. The molecule has 94 valence electrons. The molecule has 1 atom stereocenters. The van der Waals surface area contributed by atoms with Crippen molar-refractivity contribution in [2.75, 3.05) is 0 Å². The third-order valence-corrected chi connectivity index (χ3v) is 2.75. The first kappa shape index (κ1) is 14.1. The zero-order chi connectivity index (χ0) is 12.8. The minimum Gasteiger partial charge on any atom is -0.480 e. The predicted molar refractivity (Wildman–Crippen MR) is 69.7 cm³/mol. The molecule has 0 aliphatic rings. The van der Waals surface area contributed by atoms with Crippen LogP contribution in [0, 0.1) is 5.92 Å². The van der Waals surface area contributed by atoms with Crippen LogP contribution in [0.5, 0.6) is 0 Å². The highest BCUT2D eigenvalue weighted by Crippen LogP contribution is 2.10. The van der Waals surface area contributed by atoms with E-state index in [2.05, 4.69) is 26.2 Å². The molecule has 1 rings (SSSR count). The monoisotopic (exact) mass is 300 g/mol. The number of aliphatic carboxylic acids is 1. The number of nitrogens with zero attached hydrogens (tertiary/aromatic N) is 1. The van der Waals surface area contributed by atoms with Gasteiger partial charge in [0, 0.05) is 23.4 Å². The standard InChI is InChI=1S/C12H17BrN2O2/c1-8(2)3-11(12(16)17)15-6-9-4-10(13)7-14-5-9/h4-5,7-8,11,15H,3,6H2,1-2H3,(H,16,17). The van der Waals surface area contributed by atoms with Gasteiger partial charge in [0.2, 0.25) is 0 Å². The number of carboxylic acid groups (broad SMARTS) is 1. The average Bonchev–Trinajstić information content (AvgIpc) is 2.23. The van der Waals surface area contributed by atoms with Gasteiger partial charge in [0.1, 0.15) is 6.04 Å². The molecule has 0 radical (unpaired) electrons. The van der Waals surface area contributed by atoms with Crippen molar-refractivity contribution in [3.8, 4) is 0 Å². The van der Waals surface area contributed by atoms with Crippen LogP contribution in [0.3, 0.4) is 0 Å². The first-order valence-corrected chi connectivity index (χ1v) is 6.34. The third-order valence-electron chi connectivity index (χ3n) is 2.32. The van der Waals surface area contributed by atoms with Gasteiger partial charge in [-0.2, -0.15) is 0 Å². The molecule has 0 amide bonds. The maximum Gasteiger partial charge on any atom is 0.320 e. The van der Waals surface area contributed by atoms with Crippen LogP contribution in [0.25, 0.3) is 0 Å². The van der Waals surface area contributed by atoms with Crippen LogP contribution in [0.2, 0.25) is 0 Å². The molecule has 0 aliphatic heterocycles. The summed E-state index contributed by atoms with van der Waals surface area (Å²) in [6, 6.07) is 1.42. The highest BCUT2D eigenvalue weighted by atomic mass is 79.9. The molecule has 4 nitrogen and oxygen atoms in total. The maximum atomic E-state index is 11.0. The Morgan fingerprint density at radius 3 is 2.76 bits per heavy atom. The Bertz CT molecular complexity index is 383. The van der Waals surface area contributed by atoms with Crippen molar-refractivity contribution in [2.45, 2.75) is 32.9 Å². The number of pyridine rings is 1. The lowest BCUT2D eigenvalue weighted by atomic mass is 10.0. The van der Waals surface area contributed by atoms with E-state index in [-0.39, 0.29) is 0 Å². The number of hydrogen-bond acceptors (Lipinski definition) is 3. The van der Waals surface area contributed by atoms with E-state index in [4.69, 9.17) is 5.11 Å². The molecule has 1 unspecified atom stereocenters. The van der Waals surface area contributed by atoms with Gasteiger partial charge in [-0.3, -0.25) is 9.78 Å². The summed E-state index contributed by atoms with van der Waals surface area (Å²) in [5, 5.41) is 12.1. The zero-order valence-electron chi connectivity index (χ0n) is 9.98. The Morgan fingerprint density at radius 1 is 1.53 bits per heavy atom. The van der Waals surface area contributed by atoms with Gasteiger partial charge < -0.3 is 10.4 Å². The number of carboxylic acids is 1. The van der Waals surface area contributed by atoms with Gasteiger partial charge in [0.05, 0.1) is 0 Å². The largest absolute Gasteiger partial charge is 0.480 e. The smallest absolute Gasteiger partial charge is 0.320 e. The fourth-order valence-corrected chi connectivity index (χ4v) is 1.95. The lowest BCUT2D eigenvalue weighted by Gasteiger charge is -2.16. The Hall–Kier alpha value is -0.940. The molecule has 0 bridgehead atoms. The molecular formula is C12H17BrN2O2. The number of rotatable bonds is 6. The molecule has 0 aromatic carbocycles. The Kier molecular flexibility index (Phi) is 5.58. The second-order valence-corrected chi connectivity index (χ2v) is 5.33. The molecule has 5 heteroatoms. The van der Waals surface area contributed by atoms with Crippen molar-refractivity contribution in [2.24, 2.45) is 5.92 Å². The predicted octanol–water partition coefficient (Wildman–Crippen LogP) is 2.43. The maximum absolute atomic E-state index is 11.0. The van der Waals surface area contributed by atoms with Crippen molar-refractivity contribution in [3.05, 3.63) is 28.5 Å². The van der Waals surface area contributed by atoms with Crippen molar-refractivity contribution >= 4 is 21.9 Å². The summed E-state index contributed by atoms with van der Waals surface area (Å²) in [5.41, 5.74) is 0.967. The van der Waals surface area contributed by atoms with E-state index in [9.17, 15) is 4.79 Å². The van der Waals surface area contributed by atoms with Gasteiger partial charge in [-0.05, 0) is 39.9 Å². The Labute approximate surface area is 110 Å². The summed E-state index contributed by atoms with van der Waals surface area (Å²) in [5.74, 6) is -0.453. The summed E-state index contributed by atoms with van der Waals surface area (Å²) in [6.07, 6.45) is 4.05. The lowest BCUT2D eigenvalue weighted by molar-refractivity contribution is -0.140. The molecule has 2 N–H and O–H groups in total. The molecule has 0 fully saturated rings. The summed E-state index contributed by atoms with van der Waals surface area (Å²) in [6.45, 7) is 4.53. The second-order valence-electron chi connectivity index (χ2n) is 4.41. The van der Waals surface area contributed by atoms with Crippen molar-refractivity contribution in [3.63, 3.8) is 0 Å². The fraction of sp³-hybridized carbons (Fsp3) is 0.500. The molecule has 0 saturated carbocycles. The van der Waals surface area contributed by atoms with Crippen LogP contribution in [0.4, 0.5) is 0 Å². The second kappa shape index (κ2) is 6.71. The molecule has 17 heavy (non-hydrogen) atoms. The number of aromatic nitrogens is 1. The van der Waals surface area contributed by atoms with Crippen LogP contribution in [0.15, 0.2) is 22.9 Å². The van der Waals surface area contributed by atoms with Crippen molar-refractivity contribution < 1.29 is 9.90 Å². The van der Waals surface area contributed by atoms with Crippen LogP contribution in [-0.4, -0.2) is 22.1 Å². The van der Waals surface area contributed by atoms with E-state index in [1.54, 1.807) is 12.4 Å². The quantitative estimate of drug-likeness (QED) is 0.847. The summed E-state index contributed by atoms with van der Waals surface area (Å²) in [4.78, 5) is 15.1. The molecular weight excluding hydrogens is 284 g/mol. The van der Waals surface area contributed by atoms with Crippen molar-refractivity contribution in [1.82, 2.24) is 10.3 Å².